The normalized spacial score (nSPS) is 16.8. The summed E-state index contributed by atoms with van der Waals surface area (Å²) < 4.78 is 0. The van der Waals surface area contributed by atoms with Crippen LogP contribution in [0.2, 0.25) is 0 Å². The van der Waals surface area contributed by atoms with Gasteiger partial charge in [-0.2, -0.15) is 0 Å². The Bertz CT molecular complexity index is 257. The SMILES string of the molecule is CCCCCCCC(O)CCC1=NCCN1CCO. The van der Waals surface area contributed by atoms with E-state index in [2.05, 4.69) is 16.8 Å². The molecule has 0 saturated carbocycles. The maximum atomic E-state index is 9.96. The predicted octanol–water partition coefficient (Wildman–Crippen LogP) is 2.19. The highest BCUT2D eigenvalue weighted by molar-refractivity contribution is 5.83. The van der Waals surface area contributed by atoms with Crippen LogP contribution in [0.15, 0.2) is 4.99 Å². The largest absolute Gasteiger partial charge is 0.395 e. The molecule has 1 aliphatic heterocycles. The molecule has 0 bridgehead atoms. The highest BCUT2D eigenvalue weighted by Crippen LogP contribution is 2.13. The lowest BCUT2D eigenvalue weighted by molar-refractivity contribution is 0.152. The number of aliphatic hydroxyl groups is 2. The van der Waals surface area contributed by atoms with Crippen molar-refractivity contribution >= 4 is 5.84 Å². The topological polar surface area (TPSA) is 56.1 Å². The average molecular weight is 270 g/mol. The second-order valence-electron chi connectivity index (χ2n) is 5.40. The fourth-order valence-corrected chi connectivity index (χ4v) is 2.55. The van der Waals surface area contributed by atoms with Gasteiger partial charge in [-0.15, -0.1) is 0 Å². The number of hydrogen-bond donors (Lipinski definition) is 2. The third-order valence-corrected chi connectivity index (χ3v) is 3.74. The van der Waals surface area contributed by atoms with Crippen molar-refractivity contribution in [3.05, 3.63) is 0 Å². The number of β-amino-alcohol motifs (C(OH)–C–C–N with tert-alkyl or cyclic N) is 1. The van der Waals surface area contributed by atoms with Crippen LogP contribution < -0.4 is 0 Å². The smallest absolute Gasteiger partial charge is 0.0992 e. The minimum absolute atomic E-state index is 0.180. The van der Waals surface area contributed by atoms with Crippen LogP contribution in [0.5, 0.6) is 0 Å². The minimum atomic E-state index is -0.194. The average Bonchev–Trinajstić information content (AvgIpc) is 2.84. The summed E-state index contributed by atoms with van der Waals surface area (Å²) in [5.74, 6) is 1.07. The number of amidine groups is 1. The van der Waals surface area contributed by atoms with E-state index in [9.17, 15) is 5.11 Å². The van der Waals surface area contributed by atoms with E-state index in [1.807, 2.05) is 0 Å². The number of hydrogen-bond acceptors (Lipinski definition) is 4. The Kier molecular flexibility index (Phi) is 8.84. The molecule has 1 aliphatic rings. The Morgan fingerprint density at radius 2 is 2.00 bits per heavy atom. The summed E-state index contributed by atoms with van der Waals surface area (Å²) in [6.45, 7) is 4.83. The lowest BCUT2D eigenvalue weighted by atomic mass is 10.0. The van der Waals surface area contributed by atoms with Gasteiger partial charge in [-0.25, -0.2) is 0 Å². The maximum absolute atomic E-state index is 9.96. The van der Waals surface area contributed by atoms with Crippen LogP contribution in [0.3, 0.4) is 0 Å². The monoisotopic (exact) mass is 270 g/mol. The van der Waals surface area contributed by atoms with Gasteiger partial charge in [-0.1, -0.05) is 39.0 Å². The van der Waals surface area contributed by atoms with Crippen molar-refractivity contribution in [2.45, 2.75) is 64.4 Å². The van der Waals surface area contributed by atoms with Gasteiger partial charge in [0, 0.05) is 19.5 Å². The molecule has 4 heteroatoms. The van der Waals surface area contributed by atoms with Crippen LogP contribution in [0.25, 0.3) is 0 Å². The summed E-state index contributed by atoms with van der Waals surface area (Å²) in [6.07, 6.45) is 8.60. The zero-order chi connectivity index (χ0) is 13.9. The van der Waals surface area contributed by atoms with E-state index >= 15 is 0 Å². The summed E-state index contributed by atoms with van der Waals surface area (Å²) in [5, 5.41) is 18.9. The molecule has 1 atom stereocenters. The first-order chi connectivity index (χ1) is 9.27. The summed E-state index contributed by atoms with van der Waals surface area (Å²) in [4.78, 5) is 6.58. The molecule has 0 aromatic rings. The van der Waals surface area contributed by atoms with E-state index in [0.717, 1.165) is 44.6 Å². The van der Waals surface area contributed by atoms with E-state index in [1.165, 1.54) is 25.7 Å². The Balaban J connectivity index is 2.07. The molecule has 0 amide bonds. The highest BCUT2D eigenvalue weighted by Gasteiger charge is 2.17. The zero-order valence-electron chi connectivity index (χ0n) is 12.4. The molecular formula is C15H30N2O2. The molecule has 112 valence electrons. The number of unbranched alkanes of at least 4 members (excludes halogenated alkanes) is 4. The Hall–Kier alpha value is -0.610. The van der Waals surface area contributed by atoms with Crippen molar-refractivity contribution in [1.82, 2.24) is 4.90 Å². The lowest BCUT2D eigenvalue weighted by Crippen LogP contribution is -2.31. The van der Waals surface area contributed by atoms with E-state index in [4.69, 9.17) is 5.11 Å². The summed E-state index contributed by atoms with van der Waals surface area (Å²) >= 11 is 0. The first-order valence-electron chi connectivity index (χ1n) is 7.85. The molecule has 0 radical (unpaired) electrons. The quantitative estimate of drug-likeness (QED) is 0.566. The number of rotatable bonds is 11. The molecule has 0 aromatic carbocycles. The molecule has 2 N–H and O–H groups in total. The molecule has 0 saturated heterocycles. The van der Waals surface area contributed by atoms with Gasteiger partial charge in [0.25, 0.3) is 0 Å². The molecule has 19 heavy (non-hydrogen) atoms. The first kappa shape index (κ1) is 16.4. The van der Waals surface area contributed by atoms with Gasteiger partial charge in [0.05, 0.1) is 25.1 Å². The second kappa shape index (κ2) is 10.2. The fourth-order valence-electron chi connectivity index (χ4n) is 2.55. The van der Waals surface area contributed by atoms with Crippen LogP contribution >= 0.6 is 0 Å². The van der Waals surface area contributed by atoms with Crippen LogP contribution in [-0.4, -0.2) is 53.3 Å². The second-order valence-corrected chi connectivity index (χ2v) is 5.40. The summed E-state index contributed by atoms with van der Waals surface area (Å²) in [5.41, 5.74) is 0. The van der Waals surface area contributed by atoms with E-state index in [-0.39, 0.29) is 12.7 Å². The fraction of sp³-hybridized carbons (Fsp3) is 0.933. The van der Waals surface area contributed by atoms with Gasteiger partial charge < -0.3 is 15.1 Å². The van der Waals surface area contributed by atoms with Crippen molar-refractivity contribution in [3.8, 4) is 0 Å². The molecule has 0 aromatic heterocycles. The van der Waals surface area contributed by atoms with Gasteiger partial charge in [0.15, 0.2) is 0 Å². The van der Waals surface area contributed by atoms with Gasteiger partial charge in [0.2, 0.25) is 0 Å². The maximum Gasteiger partial charge on any atom is 0.0992 e. The lowest BCUT2D eigenvalue weighted by Gasteiger charge is -2.20. The Labute approximate surface area is 117 Å². The van der Waals surface area contributed by atoms with Crippen LogP contribution in [0, 0.1) is 0 Å². The molecule has 0 spiro atoms. The summed E-state index contributed by atoms with van der Waals surface area (Å²) in [7, 11) is 0. The molecule has 1 rings (SSSR count). The van der Waals surface area contributed by atoms with Gasteiger partial charge in [-0.3, -0.25) is 4.99 Å². The molecule has 1 heterocycles. The predicted molar refractivity (Wildman–Crippen MR) is 79.6 cm³/mol. The standard InChI is InChI=1S/C15H30N2O2/c1-2-3-4-5-6-7-14(19)8-9-15-16-10-11-17(15)12-13-18/h14,18-19H,2-13H2,1H3. The van der Waals surface area contributed by atoms with Gasteiger partial charge >= 0.3 is 0 Å². The van der Waals surface area contributed by atoms with Gasteiger partial charge in [0.1, 0.15) is 0 Å². The number of aliphatic hydroxyl groups excluding tert-OH is 2. The van der Waals surface area contributed by atoms with Crippen molar-refractivity contribution in [3.63, 3.8) is 0 Å². The van der Waals surface area contributed by atoms with E-state index in [0.29, 0.717) is 6.54 Å². The third-order valence-electron chi connectivity index (χ3n) is 3.74. The highest BCUT2D eigenvalue weighted by atomic mass is 16.3. The molecule has 0 fully saturated rings. The third kappa shape index (κ3) is 6.92. The Morgan fingerprint density at radius 3 is 2.74 bits per heavy atom. The Morgan fingerprint density at radius 1 is 1.21 bits per heavy atom. The van der Waals surface area contributed by atoms with Crippen LogP contribution in [0.1, 0.15) is 58.3 Å². The van der Waals surface area contributed by atoms with Gasteiger partial charge in [-0.05, 0) is 12.8 Å². The number of nitrogens with zero attached hydrogens (tertiary/aromatic N) is 2. The van der Waals surface area contributed by atoms with Crippen LogP contribution in [-0.2, 0) is 0 Å². The minimum Gasteiger partial charge on any atom is -0.395 e. The molecule has 1 unspecified atom stereocenters. The van der Waals surface area contributed by atoms with E-state index in [1.54, 1.807) is 0 Å². The van der Waals surface area contributed by atoms with Crippen molar-refractivity contribution in [1.29, 1.82) is 0 Å². The number of aliphatic imine (C=N–C) groups is 1. The molecule has 4 nitrogen and oxygen atoms in total. The van der Waals surface area contributed by atoms with Crippen molar-refractivity contribution in [2.75, 3.05) is 26.2 Å². The van der Waals surface area contributed by atoms with Crippen molar-refractivity contribution in [2.24, 2.45) is 4.99 Å². The molecular weight excluding hydrogens is 240 g/mol. The summed E-state index contributed by atoms with van der Waals surface area (Å²) in [6, 6.07) is 0. The van der Waals surface area contributed by atoms with Crippen LogP contribution in [0.4, 0.5) is 0 Å². The first-order valence-corrected chi connectivity index (χ1v) is 7.85. The zero-order valence-corrected chi connectivity index (χ0v) is 12.4. The molecule has 0 aliphatic carbocycles. The van der Waals surface area contributed by atoms with E-state index < -0.39 is 0 Å². The van der Waals surface area contributed by atoms with Crippen molar-refractivity contribution < 1.29 is 10.2 Å².